The number of hydrogen-bond donors (Lipinski definition) is 2. The lowest BCUT2D eigenvalue weighted by molar-refractivity contribution is -0.00000282. The van der Waals surface area contributed by atoms with E-state index in [0.717, 1.165) is 10.0 Å². The van der Waals surface area contributed by atoms with Crippen molar-refractivity contribution in [1.82, 2.24) is 0 Å². The van der Waals surface area contributed by atoms with Gasteiger partial charge in [-0.05, 0) is 17.7 Å². The highest BCUT2D eigenvalue weighted by molar-refractivity contribution is 9.10. The number of hydrogen-bond acceptors (Lipinski definition) is 2. The summed E-state index contributed by atoms with van der Waals surface area (Å²) in [5.74, 6) is -0.0478. The molecule has 0 spiro atoms. The van der Waals surface area contributed by atoms with Gasteiger partial charge in [-0.3, -0.25) is 0 Å². The first-order valence-corrected chi connectivity index (χ1v) is 4.35. The lowest BCUT2D eigenvalue weighted by atomic mass is 10.2. The summed E-state index contributed by atoms with van der Waals surface area (Å²) in [4.78, 5) is 0. The van der Waals surface area contributed by atoms with Gasteiger partial charge in [0.15, 0.2) is 0 Å². The third kappa shape index (κ3) is 4.84. The zero-order valence-electron chi connectivity index (χ0n) is 7.19. The van der Waals surface area contributed by atoms with Crippen LogP contribution in [0.5, 0.6) is 0 Å². The van der Waals surface area contributed by atoms with E-state index in [2.05, 4.69) is 26.1 Å². The summed E-state index contributed by atoms with van der Waals surface area (Å²) in [6, 6.07) is 7.62. The van der Waals surface area contributed by atoms with Gasteiger partial charge in [0.25, 0.3) is 0 Å². The van der Waals surface area contributed by atoms with Crippen molar-refractivity contribution in [2.75, 3.05) is 0 Å². The van der Waals surface area contributed by atoms with E-state index in [1.807, 2.05) is 24.3 Å². The Hall–Kier alpha value is -1.07. The average molecular weight is 277 g/mol. The number of rotatable bonds is 2. The molecule has 0 unspecified atom stereocenters. The summed E-state index contributed by atoms with van der Waals surface area (Å²) in [6.07, 6.45) is 1.58. The first kappa shape index (κ1) is 12.9. The highest BCUT2D eigenvalue weighted by atomic mass is 79.9. The maximum Gasteiger partial charge on any atom is 0.211 e. The van der Waals surface area contributed by atoms with Crippen molar-refractivity contribution in [3.05, 3.63) is 34.3 Å². The van der Waals surface area contributed by atoms with Crippen molar-refractivity contribution < 1.29 is 12.4 Å². The summed E-state index contributed by atoms with van der Waals surface area (Å²) >= 11 is 3.32. The van der Waals surface area contributed by atoms with E-state index in [1.165, 1.54) is 0 Å². The van der Waals surface area contributed by atoms with Crippen molar-refractivity contribution in [3.63, 3.8) is 0 Å². The summed E-state index contributed by atoms with van der Waals surface area (Å²) < 4.78 is 1.02. The largest absolute Gasteiger partial charge is 1.00 e. The maximum atomic E-state index is 5.09. The van der Waals surface area contributed by atoms with Crippen LogP contribution in [0.4, 0.5) is 0 Å². The van der Waals surface area contributed by atoms with Gasteiger partial charge in [-0.25, -0.2) is 0 Å². The zero-order valence-corrected chi connectivity index (χ0v) is 9.53. The van der Waals surface area contributed by atoms with Crippen molar-refractivity contribution in [2.24, 2.45) is 21.7 Å². The summed E-state index contributed by atoms with van der Waals surface area (Å²) in [5, 5.41) is 7.14. The molecule has 0 radical (unpaired) electrons. The molecule has 0 aliphatic carbocycles. The number of nitrogens with zero attached hydrogens (tertiary/aromatic N) is 2. The minimum atomic E-state index is -0.0478. The summed E-state index contributed by atoms with van der Waals surface area (Å²) in [7, 11) is 0. The molecule has 0 aromatic heterocycles. The molecule has 0 saturated heterocycles. The molecule has 0 amide bonds. The molecule has 1 aromatic carbocycles. The van der Waals surface area contributed by atoms with Crippen molar-refractivity contribution in [2.45, 2.75) is 0 Å². The van der Waals surface area contributed by atoms with Gasteiger partial charge in [-0.1, -0.05) is 28.1 Å². The van der Waals surface area contributed by atoms with Crippen molar-refractivity contribution in [3.8, 4) is 0 Å². The molecule has 0 saturated carbocycles. The van der Waals surface area contributed by atoms with Gasteiger partial charge in [-0.2, -0.15) is 5.10 Å². The highest BCUT2D eigenvalue weighted by Crippen LogP contribution is 2.08. The Morgan fingerprint density at radius 1 is 1.21 bits per heavy atom. The van der Waals surface area contributed by atoms with E-state index >= 15 is 0 Å². The lowest BCUT2D eigenvalue weighted by Gasteiger charge is -1.91. The van der Waals surface area contributed by atoms with Gasteiger partial charge < -0.3 is 23.9 Å². The standard InChI is InChI=1S/C8H9BrN4.ClH/c9-7-3-1-6(2-4-7)5-12-13-8(10)11;/h1-5H,(H4,10,11,13);1H/p-1. The molecule has 4 N–H and O–H groups in total. The van der Waals surface area contributed by atoms with Crippen LogP contribution in [0.1, 0.15) is 5.56 Å². The molecule has 0 atom stereocenters. The van der Waals surface area contributed by atoms with Crippen LogP contribution < -0.4 is 23.9 Å². The third-order valence-corrected chi connectivity index (χ3v) is 1.78. The van der Waals surface area contributed by atoms with E-state index < -0.39 is 0 Å². The maximum absolute atomic E-state index is 5.09. The Bertz CT molecular complexity index is 330. The van der Waals surface area contributed by atoms with Crippen LogP contribution in [0.15, 0.2) is 38.9 Å². The number of guanidine groups is 1. The van der Waals surface area contributed by atoms with Gasteiger partial charge in [0, 0.05) is 4.47 Å². The van der Waals surface area contributed by atoms with Crippen molar-refractivity contribution in [1.29, 1.82) is 0 Å². The van der Waals surface area contributed by atoms with Gasteiger partial charge >= 0.3 is 0 Å². The molecule has 0 aliphatic heterocycles. The molecule has 14 heavy (non-hydrogen) atoms. The number of benzene rings is 1. The molecule has 1 rings (SSSR count). The number of nitrogens with two attached hydrogens (primary N) is 2. The topological polar surface area (TPSA) is 76.8 Å². The fraction of sp³-hybridized carbons (Fsp3) is 0. The zero-order chi connectivity index (χ0) is 9.68. The molecule has 0 aliphatic rings. The number of halogens is 2. The Morgan fingerprint density at radius 2 is 1.79 bits per heavy atom. The first-order valence-electron chi connectivity index (χ1n) is 3.56. The summed E-state index contributed by atoms with van der Waals surface area (Å²) in [5.41, 5.74) is 11.1. The Labute approximate surface area is 96.6 Å². The van der Waals surface area contributed by atoms with Gasteiger partial charge in [0.2, 0.25) is 5.96 Å². The first-order chi connectivity index (χ1) is 6.18. The van der Waals surface area contributed by atoms with Crippen LogP contribution in [0, 0.1) is 0 Å². The van der Waals surface area contributed by atoms with Crippen molar-refractivity contribution >= 4 is 28.1 Å². The van der Waals surface area contributed by atoms with E-state index in [0.29, 0.717) is 0 Å². The van der Waals surface area contributed by atoms with E-state index in [-0.39, 0.29) is 18.4 Å². The van der Waals surface area contributed by atoms with Gasteiger partial charge in [-0.15, -0.1) is 5.10 Å². The molecular formula is C8H9BrClN4-. The fourth-order valence-electron chi connectivity index (χ4n) is 0.711. The second kappa shape index (κ2) is 6.39. The van der Waals surface area contributed by atoms with E-state index in [1.54, 1.807) is 6.21 Å². The van der Waals surface area contributed by atoms with Crippen LogP contribution in [0.2, 0.25) is 0 Å². The quantitative estimate of drug-likeness (QED) is 0.375. The molecular weight excluding hydrogens is 267 g/mol. The van der Waals surface area contributed by atoms with Gasteiger partial charge in [0.1, 0.15) is 0 Å². The Balaban J connectivity index is 0.00000169. The minimum absolute atomic E-state index is 0. The van der Waals surface area contributed by atoms with Crippen LogP contribution in [-0.4, -0.2) is 12.2 Å². The van der Waals surface area contributed by atoms with Crippen LogP contribution in [-0.2, 0) is 0 Å². The normalized spacial score (nSPS) is 9.50. The monoisotopic (exact) mass is 275 g/mol. The molecule has 76 valence electrons. The van der Waals surface area contributed by atoms with E-state index in [9.17, 15) is 0 Å². The van der Waals surface area contributed by atoms with Crippen LogP contribution in [0.3, 0.4) is 0 Å². The fourth-order valence-corrected chi connectivity index (χ4v) is 0.975. The highest BCUT2D eigenvalue weighted by Gasteiger charge is 1.86. The smallest absolute Gasteiger partial charge is 0.211 e. The van der Waals surface area contributed by atoms with E-state index in [4.69, 9.17) is 11.5 Å². The summed E-state index contributed by atoms with van der Waals surface area (Å²) in [6.45, 7) is 0. The molecule has 1 aromatic rings. The van der Waals surface area contributed by atoms with Crippen LogP contribution in [0.25, 0.3) is 0 Å². The van der Waals surface area contributed by atoms with Gasteiger partial charge in [0.05, 0.1) is 6.21 Å². The molecule has 0 heterocycles. The minimum Gasteiger partial charge on any atom is -1.00 e. The third-order valence-electron chi connectivity index (χ3n) is 1.25. The predicted molar refractivity (Wildman–Crippen MR) is 57.5 cm³/mol. The average Bonchev–Trinajstić information content (AvgIpc) is 2.08. The SMILES string of the molecule is NC(N)=NN=Cc1ccc(Br)cc1.[Cl-]. The molecule has 6 heteroatoms. The second-order valence-electron chi connectivity index (χ2n) is 2.32. The molecule has 0 bridgehead atoms. The lowest BCUT2D eigenvalue weighted by Crippen LogP contribution is -3.00. The Kier molecular flexibility index (Phi) is 5.91. The van der Waals surface area contributed by atoms with Crippen LogP contribution >= 0.6 is 15.9 Å². The molecule has 4 nitrogen and oxygen atoms in total. The second-order valence-corrected chi connectivity index (χ2v) is 3.24. The Morgan fingerprint density at radius 3 is 2.29 bits per heavy atom. The predicted octanol–water partition coefficient (Wildman–Crippen LogP) is -1.94. The molecule has 0 fully saturated rings.